The lowest BCUT2D eigenvalue weighted by Crippen LogP contribution is -2.09. The Hall–Kier alpha value is -11.8. The van der Waals surface area contributed by atoms with Crippen molar-refractivity contribution in [2.75, 3.05) is 9.80 Å². The number of aromatic nitrogens is 2. The second kappa shape index (κ2) is 24.4. The number of nitrogens with zero attached hydrogens (tertiary/aromatic N) is 4. The zero-order valence-electron chi connectivity index (χ0n) is 51.1. The average Bonchev–Trinajstić information content (AvgIpc) is 1.13. The predicted molar refractivity (Wildman–Crippen MR) is 401 cm³/mol. The van der Waals surface area contributed by atoms with E-state index in [1.807, 2.05) is 59.6 Å². The van der Waals surface area contributed by atoms with Crippen molar-refractivity contribution in [3.63, 3.8) is 0 Å². The SMILES string of the molecule is c1ccc(-c2sc3cc(N(c4ccc(-c5cccnc5)cc4)c4ccc(-c5c6ccccc6c(-c6ccc(N(c7ccc(-c8cccnc8)cc7)c7ccc8c(-c9ccccc9)c(-c9ccccc9)sc8c7)cc6)c6ccccc56)cc4)ccc3c2-c2ccccc2)cc1. The fraction of sp³-hybridized carbons (Fsp3) is 0. The Morgan fingerprint density at radius 1 is 0.202 bits per heavy atom. The van der Waals surface area contributed by atoms with Crippen molar-refractivity contribution >= 4 is 98.5 Å². The van der Waals surface area contributed by atoms with E-state index in [4.69, 9.17) is 0 Å². The second-order valence-corrected chi connectivity index (χ2v) is 25.7. The number of benzene rings is 13. The summed E-state index contributed by atoms with van der Waals surface area (Å²) in [7, 11) is 0. The highest BCUT2D eigenvalue weighted by atomic mass is 32.1. The number of anilines is 6. The van der Waals surface area contributed by atoms with Crippen LogP contribution in [0.15, 0.2) is 352 Å². The van der Waals surface area contributed by atoms with E-state index in [2.05, 4.69) is 335 Å². The van der Waals surface area contributed by atoms with Gasteiger partial charge >= 0.3 is 0 Å². The van der Waals surface area contributed by atoms with E-state index in [-0.39, 0.29) is 0 Å². The first kappa shape index (κ1) is 56.2. The number of hydrogen-bond acceptors (Lipinski definition) is 6. The van der Waals surface area contributed by atoms with E-state index >= 15 is 0 Å². The van der Waals surface area contributed by atoms with E-state index in [9.17, 15) is 0 Å². The van der Waals surface area contributed by atoms with Gasteiger partial charge < -0.3 is 9.80 Å². The van der Waals surface area contributed by atoms with Crippen molar-refractivity contribution in [2.45, 2.75) is 0 Å². The van der Waals surface area contributed by atoms with Crippen LogP contribution in [0.25, 0.3) is 129 Å². The topological polar surface area (TPSA) is 32.3 Å². The summed E-state index contributed by atoms with van der Waals surface area (Å²) in [5.41, 5.74) is 22.9. The molecule has 0 amide bonds. The predicted octanol–water partition coefficient (Wildman–Crippen LogP) is 25.5. The van der Waals surface area contributed by atoms with Crippen LogP contribution in [0, 0.1) is 0 Å². The summed E-state index contributed by atoms with van der Waals surface area (Å²) in [5, 5.41) is 7.29. The smallest absolute Gasteiger partial charge is 0.0476 e. The molecule has 0 spiro atoms. The van der Waals surface area contributed by atoms with Gasteiger partial charge in [0.05, 0.1) is 0 Å². The molecule has 442 valence electrons. The first-order chi connectivity index (χ1) is 46.6. The van der Waals surface area contributed by atoms with Gasteiger partial charge in [0.15, 0.2) is 0 Å². The fourth-order valence-corrected chi connectivity index (χ4v) is 16.2. The van der Waals surface area contributed by atoms with Crippen molar-refractivity contribution in [3.05, 3.63) is 352 Å². The van der Waals surface area contributed by atoms with Crippen LogP contribution in [0.1, 0.15) is 0 Å². The molecule has 0 saturated carbocycles. The molecule has 0 aliphatic carbocycles. The van der Waals surface area contributed by atoms with Crippen LogP contribution in [0.4, 0.5) is 34.1 Å². The molecule has 0 saturated heterocycles. The van der Waals surface area contributed by atoms with Crippen molar-refractivity contribution in [2.24, 2.45) is 0 Å². The molecule has 0 aliphatic heterocycles. The summed E-state index contributed by atoms with van der Waals surface area (Å²) in [5.74, 6) is 0. The largest absolute Gasteiger partial charge is 0.310 e. The van der Waals surface area contributed by atoms with Crippen LogP contribution < -0.4 is 9.80 Å². The highest BCUT2D eigenvalue weighted by Crippen LogP contribution is 2.51. The molecule has 0 atom stereocenters. The average molecular weight is 1240 g/mol. The highest BCUT2D eigenvalue weighted by Gasteiger charge is 2.24. The molecular formula is C88H58N4S2. The zero-order valence-corrected chi connectivity index (χ0v) is 52.7. The minimum absolute atomic E-state index is 1.06. The summed E-state index contributed by atoms with van der Waals surface area (Å²) >= 11 is 3.71. The standard InChI is InChI=1S/C88H58N4S2/c1-5-19-61(20-6-1)85-79-51-49-73(55-81(79)93-87(85)65-23-9-3-10-24-65)91(69-41-33-59(34-42-69)67-27-17-53-89-57-67)71-45-37-63(38-46-71)83-75-29-13-15-31-77(75)84(78-32-16-14-30-76(78)83)64-39-47-72(48-40-64)92(70-43-35-60(36-44-70)68-28-18-54-90-58-68)74-50-52-80-82(56-74)94-88(66-25-11-4-12-26-66)86(80)62-21-7-2-8-22-62/h1-58H. The molecule has 4 nitrogen and oxygen atoms in total. The van der Waals surface area contributed by atoms with E-state index < -0.39 is 0 Å². The maximum Gasteiger partial charge on any atom is 0.0476 e. The Kier molecular flexibility index (Phi) is 14.6. The van der Waals surface area contributed by atoms with E-state index in [0.29, 0.717) is 0 Å². The third kappa shape index (κ3) is 10.4. The van der Waals surface area contributed by atoms with Crippen LogP contribution in [0.5, 0.6) is 0 Å². The molecule has 13 aromatic carbocycles. The summed E-state index contributed by atoms with van der Waals surface area (Å²) < 4.78 is 2.46. The molecule has 0 unspecified atom stereocenters. The third-order valence-electron chi connectivity index (χ3n) is 18.1. The molecule has 4 heterocycles. The normalized spacial score (nSPS) is 11.4. The number of thiophene rings is 2. The molecule has 17 aromatic rings. The quantitative estimate of drug-likeness (QED) is 0.102. The Morgan fingerprint density at radius 2 is 0.479 bits per heavy atom. The van der Waals surface area contributed by atoms with Gasteiger partial charge in [-0.15, -0.1) is 22.7 Å². The van der Waals surface area contributed by atoms with Crippen LogP contribution in [-0.4, -0.2) is 9.97 Å². The summed E-state index contributed by atoms with van der Waals surface area (Å²) in [4.78, 5) is 16.2. The van der Waals surface area contributed by atoms with Gasteiger partial charge in [0, 0.05) is 100.0 Å². The molecular weight excluding hydrogens is 1180 g/mol. The molecule has 94 heavy (non-hydrogen) atoms. The van der Waals surface area contributed by atoms with Gasteiger partial charge in [0.25, 0.3) is 0 Å². The number of pyridine rings is 2. The van der Waals surface area contributed by atoms with Crippen LogP contribution in [0.2, 0.25) is 0 Å². The van der Waals surface area contributed by atoms with Gasteiger partial charge in [-0.3, -0.25) is 9.97 Å². The zero-order chi connectivity index (χ0) is 62.3. The molecule has 0 fully saturated rings. The van der Waals surface area contributed by atoms with Gasteiger partial charge in [-0.05, 0) is 173 Å². The van der Waals surface area contributed by atoms with Gasteiger partial charge in [-0.2, -0.15) is 0 Å². The maximum atomic E-state index is 4.43. The minimum atomic E-state index is 1.06. The molecule has 6 heteroatoms. The van der Waals surface area contributed by atoms with Gasteiger partial charge in [0.2, 0.25) is 0 Å². The van der Waals surface area contributed by atoms with E-state index in [1.54, 1.807) is 0 Å². The Morgan fingerprint density at radius 3 is 0.798 bits per heavy atom. The van der Waals surface area contributed by atoms with Gasteiger partial charge in [-0.1, -0.05) is 243 Å². The summed E-state index contributed by atoms with van der Waals surface area (Å²) in [6.45, 7) is 0. The van der Waals surface area contributed by atoms with Crippen molar-refractivity contribution in [1.29, 1.82) is 0 Å². The molecule has 0 bridgehead atoms. The number of fused-ring (bicyclic) bond motifs is 4. The third-order valence-corrected chi connectivity index (χ3v) is 20.5. The van der Waals surface area contributed by atoms with Gasteiger partial charge in [0.1, 0.15) is 0 Å². The van der Waals surface area contributed by atoms with E-state index in [0.717, 1.165) is 67.5 Å². The first-order valence-electron chi connectivity index (χ1n) is 31.7. The summed E-state index contributed by atoms with van der Waals surface area (Å²) in [6.07, 6.45) is 7.50. The monoisotopic (exact) mass is 1230 g/mol. The number of rotatable bonds is 14. The van der Waals surface area contributed by atoms with Crippen molar-refractivity contribution in [3.8, 4) is 87.6 Å². The lowest BCUT2D eigenvalue weighted by molar-refractivity contribution is 1.29. The molecule has 0 radical (unpaired) electrons. The molecule has 17 rings (SSSR count). The minimum Gasteiger partial charge on any atom is -0.310 e. The summed E-state index contributed by atoms with van der Waals surface area (Å²) in [6, 6.07) is 120. The Balaban J connectivity index is 0.763. The van der Waals surface area contributed by atoms with Crippen LogP contribution in [-0.2, 0) is 0 Å². The Labute approximate surface area is 554 Å². The molecule has 4 aromatic heterocycles. The van der Waals surface area contributed by atoms with E-state index in [1.165, 1.54) is 96.0 Å². The lowest BCUT2D eigenvalue weighted by Gasteiger charge is -2.26. The van der Waals surface area contributed by atoms with Crippen molar-refractivity contribution in [1.82, 2.24) is 9.97 Å². The molecule has 0 aliphatic rings. The number of hydrogen-bond donors (Lipinski definition) is 0. The Bertz CT molecular complexity index is 5140. The van der Waals surface area contributed by atoms with Crippen molar-refractivity contribution < 1.29 is 0 Å². The van der Waals surface area contributed by atoms with Crippen LogP contribution >= 0.6 is 22.7 Å². The van der Waals surface area contributed by atoms with Gasteiger partial charge in [-0.25, -0.2) is 0 Å². The first-order valence-corrected chi connectivity index (χ1v) is 33.4. The molecule has 0 N–H and O–H groups in total. The maximum absolute atomic E-state index is 4.43. The lowest BCUT2D eigenvalue weighted by atomic mass is 9.86. The fourth-order valence-electron chi connectivity index (χ4n) is 13.7. The van der Waals surface area contributed by atoms with Crippen LogP contribution in [0.3, 0.4) is 0 Å². The highest BCUT2D eigenvalue weighted by molar-refractivity contribution is 7.23. The second-order valence-electron chi connectivity index (χ2n) is 23.6.